The summed E-state index contributed by atoms with van der Waals surface area (Å²) in [5, 5.41) is 6.06. The Labute approximate surface area is 185 Å². The Morgan fingerprint density at radius 3 is 2.47 bits per heavy atom. The Balaban J connectivity index is 2.06. The van der Waals surface area contributed by atoms with E-state index in [1.807, 2.05) is 0 Å². The highest BCUT2D eigenvalue weighted by atomic mass is 79.9. The molecule has 156 valence electrons. The molecule has 13 heteroatoms. The average molecular weight is 523 g/mol. The Morgan fingerprint density at radius 2 is 1.87 bits per heavy atom. The molecule has 0 aliphatic rings. The maximum Gasteiger partial charge on any atom is 0.416 e. The molecule has 7 nitrogen and oxygen atoms in total. The number of carbonyl (C=O) groups is 2. The van der Waals surface area contributed by atoms with E-state index in [2.05, 4.69) is 31.3 Å². The minimum atomic E-state index is -4.77. The van der Waals surface area contributed by atoms with E-state index in [1.54, 1.807) is 6.07 Å². The first-order chi connectivity index (χ1) is 14.0. The van der Waals surface area contributed by atoms with Crippen LogP contribution in [-0.2, 0) is 6.18 Å². The minimum absolute atomic E-state index is 0.0890. The third-order valence-corrected chi connectivity index (χ3v) is 4.75. The van der Waals surface area contributed by atoms with E-state index in [9.17, 15) is 22.8 Å². The number of pyridine rings is 1. The van der Waals surface area contributed by atoms with E-state index < -0.39 is 34.1 Å². The van der Waals surface area contributed by atoms with E-state index >= 15 is 0 Å². The fraction of sp³-hybridized carbons (Fsp3) is 0.0588. The van der Waals surface area contributed by atoms with Gasteiger partial charge in [-0.05, 0) is 40.2 Å². The fourth-order valence-electron chi connectivity index (χ4n) is 2.48. The number of anilines is 1. The van der Waals surface area contributed by atoms with Gasteiger partial charge in [-0.15, -0.1) is 0 Å². The van der Waals surface area contributed by atoms with Gasteiger partial charge in [-0.25, -0.2) is 9.67 Å². The summed E-state index contributed by atoms with van der Waals surface area (Å²) in [4.78, 5) is 28.6. The fourth-order valence-corrected chi connectivity index (χ4v) is 3.32. The quantitative estimate of drug-likeness (QED) is 0.518. The minimum Gasteiger partial charge on any atom is -0.366 e. The Kier molecular flexibility index (Phi) is 6.06. The van der Waals surface area contributed by atoms with Gasteiger partial charge < -0.3 is 11.1 Å². The summed E-state index contributed by atoms with van der Waals surface area (Å²) in [6.07, 6.45) is -3.34. The maximum absolute atomic E-state index is 13.0. The van der Waals surface area contributed by atoms with Gasteiger partial charge in [0, 0.05) is 12.3 Å². The van der Waals surface area contributed by atoms with Gasteiger partial charge in [-0.3, -0.25) is 9.59 Å². The first kappa shape index (κ1) is 22.1. The van der Waals surface area contributed by atoms with Crippen LogP contribution in [0.15, 0.2) is 41.1 Å². The van der Waals surface area contributed by atoms with Crippen molar-refractivity contribution < 1.29 is 22.8 Å². The van der Waals surface area contributed by atoms with E-state index in [-0.39, 0.29) is 26.8 Å². The van der Waals surface area contributed by atoms with Gasteiger partial charge in [0.15, 0.2) is 5.82 Å². The van der Waals surface area contributed by atoms with Crippen molar-refractivity contribution in [1.82, 2.24) is 14.8 Å². The predicted molar refractivity (Wildman–Crippen MR) is 107 cm³/mol. The lowest BCUT2D eigenvalue weighted by Crippen LogP contribution is -2.22. The molecule has 0 aliphatic carbocycles. The second-order valence-electron chi connectivity index (χ2n) is 5.77. The Morgan fingerprint density at radius 1 is 1.17 bits per heavy atom. The standard InChI is InChI=1S/C17H9BrCl2F3N5O2/c18-12-6-11(28(27-12)15-9(19)2-1-3-25-15)16(30)26-13-8(14(24)29)4-7(5-10(13)20)17(21,22)23/h1-6H,(H2,24,29)(H,26,30). The topological polar surface area (TPSA) is 103 Å². The number of nitrogens with zero attached hydrogens (tertiary/aromatic N) is 3. The van der Waals surface area contributed by atoms with Crippen LogP contribution in [0.3, 0.4) is 0 Å². The number of aromatic nitrogens is 3. The smallest absolute Gasteiger partial charge is 0.366 e. The number of alkyl halides is 3. The molecule has 0 spiro atoms. The lowest BCUT2D eigenvalue weighted by Gasteiger charge is -2.15. The van der Waals surface area contributed by atoms with Crippen LogP contribution in [0, 0.1) is 0 Å². The number of primary amides is 1. The Bertz CT molecular complexity index is 1170. The molecule has 0 fully saturated rings. The summed E-state index contributed by atoms with van der Waals surface area (Å²) >= 11 is 15.1. The van der Waals surface area contributed by atoms with Crippen LogP contribution in [0.5, 0.6) is 0 Å². The van der Waals surface area contributed by atoms with Gasteiger partial charge in [0.05, 0.1) is 26.9 Å². The zero-order valence-electron chi connectivity index (χ0n) is 14.5. The normalized spacial score (nSPS) is 11.4. The molecule has 0 radical (unpaired) electrons. The molecule has 0 bridgehead atoms. The number of nitrogens with two attached hydrogens (primary N) is 1. The third-order valence-electron chi connectivity index (χ3n) is 3.77. The maximum atomic E-state index is 13.0. The van der Waals surface area contributed by atoms with Gasteiger partial charge in [-0.1, -0.05) is 23.2 Å². The van der Waals surface area contributed by atoms with Gasteiger partial charge in [-0.2, -0.15) is 18.3 Å². The van der Waals surface area contributed by atoms with Crippen molar-refractivity contribution in [2.24, 2.45) is 5.73 Å². The van der Waals surface area contributed by atoms with Gasteiger partial charge in [0.1, 0.15) is 10.3 Å². The molecule has 1 aromatic carbocycles. The number of nitrogens with one attached hydrogen (secondary N) is 1. The lowest BCUT2D eigenvalue weighted by molar-refractivity contribution is -0.137. The molecule has 3 N–H and O–H groups in total. The molecule has 30 heavy (non-hydrogen) atoms. The number of amides is 2. The highest BCUT2D eigenvalue weighted by Crippen LogP contribution is 2.36. The van der Waals surface area contributed by atoms with Crippen LogP contribution >= 0.6 is 39.1 Å². The molecule has 2 amide bonds. The number of halogens is 6. The van der Waals surface area contributed by atoms with E-state index in [1.165, 1.54) is 18.3 Å². The number of carbonyl (C=O) groups excluding carboxylic acids is 2. The van der Waals surface area contributed by atoms with Gasteiger partial charge in [0.25, 0.3) is 11.8 Å². The molecule has 0 unspecified atom stereocenters. The van der Waals surface area contributed by atoms with E-state index in [0.29, 0.717) is 12.1 Å². The molecule has 3 aromatic rings. The molecule has 2 aromatic heterocycles. The van der Waals surface area contributed by atoms with Crippen molar-refractivity contribution in [3.63, 3.8) is 0 Å². The van der Waals surface area contributed by atoms with Crippen LogP contribution < -0.4 is 11.1 Å². The largest absolute Gasteiger partial charge is 0.416 e. The highest BCUT2D eigenvalue weighted by Gasteiger charge is 2.33. The second kappa shape index (κ2) is 8.25. The van der Waals surface area contributed by atoms with Gasteiger partial charge >= 0.3 is 6.18 Å². The van der Waals surface area contributed by atoms with Crippen LogP contribution in [0.1, 0.15) is 26.4 Å². The monoisotopic (exact) mass is 521 g/mol. The van der Waals surface area contributed by atoms with Crippen molar-refractivity contribution in [3.05, 3.63) is 68.0 Å². The molecule has 0 saturated carbocycles. The Hall–Kier alpha value is -2.63. The first-order valence-corrected chi connectivity index (χ1v) is 9.42. The summed E-state index contributed by atoms with van der Waals surface area (Å²) in [6, 6.07) is 5.51. The summed E-state index contributed by atoms with van der Waals surface area (Å²) in [6.45, 7) is 0. The number of hydrogen-bond donors (Lipinski definition) is 2. The van der Waals surface area contributed by atoms with E-state index in [0.717, 1.165) is 4.68 Å². The zero-order valence-corrected chi connectivity index (χ0v) is 17.6. The molecule has 3 rings (SSSR count). The van der Waals surface area contributed by atoms with Crippen molar-refractivity contribution in [1.29, 1.82) is 0 Å². The summed E-state index contributed by atoms with van der Waals surface area (Å²) in [7, 11) is 0. The zero-order chi connectivity index (χ0) is 22.2. The molecule has 0 aliphatic heterocycles. The van der Waals surface area contributed by atoms with Crippen molar-refractivity contribution in [2.45, 2.75) is 6.18 Å². The van der Waals surface area contributed by atoms with Crippen LogP contribution in [0.4, 0.5) is 18.9 Å². The average Bonchev–Trinajstić information content (AvgIpc) is 3.04. The number of hydrogen-bond acceptors (Lipinski definition) is 4. The van der Waals surface area contributed by atoms with Gasteiger partial charge in [0.2, 0.25) is 0 Å². The lowest BCUT2D eigenvalue weighted by atomic mass is 10.1. The van der Waals surface area contributed by atoms with Crippen LogP contribution in [0.2, 0.25) is 10.0 Å². The number of benzene rings is 1. The molecule has 0 saturated heterocycles. The van der Waals surface area contributed by atoms with Crippen LogP contribution in [0.25, 0.3) is 5.82 Å². The second-order valence-corrected chi connectivity index (χ2v) is 7.40. The first-order valence-electron chi connectivity index (χ1n) is 7.87. The molecular weight excluding hydrogens is 514 g/mol. The molecule has 2 heterocycles. The predicted octanol–water partition coefficient (Wildman–Crippen LogP) is 4.71. The van der Waals surface area contributed by atoms with Crippen molar-refractivity contribution in [2.75, 3.05) is 5.32 Å². The molecular formula is C17H9BrCl2F3N5O2. The summed E-state index contributed by atoms with van der Waals surface area (Å²) < 4.78 is 40.4. The SMILES string of the molecule is NC(=O)c1cc(C(F)(F)F)cc(Cl)c1NC(=O)c1cc(Br)nn1-c1ncccc1Cl. The summed E-state index contributed by atoms with van der Waals surface area (Å²) in [5.74, 6) is -1.93. The van der Waals surface area contributed by atoms with Crippen LogP contribution in [-0.4, -0.2) is 26.6 Å². The molecule has 0 atom stereocenters. The van der Waals surface area contributed by atoms with Crippen molar-refractivity contribution in [3.8, 4) is 5.82 Å². The third kappa shape index (κ3) is 4.42. The van der Waals surface area contributed by atoms with E-state index in [4.69, 9.17) is 28.9 Å². The summed E-state index contributed by atoms with van der Waals surface area (Å²) in [5.41, 5.74) is 2.93. The number of rotatable bonds is 4. The van der Waals surface area contributed by atoms with Crippen molar-refractivity contribution >= 4 is 56.6 Å². The highest BCUT2D eigenvalue weighted by molar-refractivity contribution is 9.10.